The van der Waals surface area contributed by atoms with Crippen LogP contribution in [0.15, 0.2) is 0 Å². The van der Waals surface area contributed by atoms with Crippen molar-refractivity contribution in [3.63, 3.8) is 0 Å². The minimum atomic E-state index is 0.301. The average molecular weight is 185 g/mol. The lowest BCUT2D eigenvalue weighted by Gasteiger charge is -2.31. The highest BCUT2D eigenvalue weighted by Crippen LogP contribution is 2.20. The number of hydrogen-bond acceptors (Lipinski definition) is 2. The first-order valence-corrected chi connectivity index (χ1v) is 5.04. The number of piperidine rings is 1. The number of ether oxygens (including phenoxy) is 1. The number of carbonyl (C=O) groups excluding carboxylic acids is 1. The van der Waals surface area contributed by atoms with Gasteiger partial charge in [-0.1, -0.05) is 13.3 Å². The molecule has 3 nitrogen and oxygen atoms in total. The molecule has 0 saturated carbocycles. The summed E-state index contributed by atoms with van der Waals surface area (Å²) in [6.45, 7) is 4.48. The van der Waals surface area contributed by atoms with Crippen molar-refractivity contribution in [1.82, 2.24) is 4.90 Å². The third-order valence-corrected chi connectivity index (χ3v) is 2.77. The van der Waals surface area contributed by atoms with Crippen LogP contribution in [0, 0.1) is 5.92 Å². The van der Waals surface area contributed by atoms with Crippen LogP contribution in [-0.4, -0.2) is 37.6 Å². The van der Waals surface area contributed by atoms with E-state index in [9.17, 15) is 4.79 Å². The fourth-order valence-electron chi connectivity index (χ4n) is 1.73. The average Bonchev–Trinajstić information content (AvgIpc) is 2.16. The SMILES string of the molecule is CCC1CCN(CCOC)C(=O)C1. The molecule has 1 aliphatic rings. The molecule has 1 atom stereocenters. The second kappa shape index (κ2) is 5.22. The zero-order valence-electron chi connectivity index (χ0n) is 8.58. The van der Waals surface area contributed by atoms with E-state index in [2.05, 4.69) is 6.92 Å². The Hall–Kier alpha value is -0.570. The van der Waals surface area contributed by atoms with Crippen LogP contribution < -0.4 is 0 Å². The molecule has 0 aliphatic carbocycles. The van der Waals surface area contributed by atoms with Gasteiger partial charge in [0.05, 0.1) is 6.61 Å². The van der Waals surface area contributed by atoms with Crippen LogP contribution in [0.5, 0.6) is 0 Å². The zero-order chi connectivity index (χ0) is 9.68. The fourth-order valence-corrected chi connectivity index (χ4v) is 1.73. The number of methoxy groups -OCH3 is 1. The fraction of sp³-hybridized carbons (Fsp3) is 0.900. The van der Waals surface area contributed by atoms with Gasteiger partial charge in [0.1, 0.15) is 0 Å². The molecule has 0 aromatic carbocycles. The molecule has 13 heavy (non-hydrogen) atoms. The van der Waals surface area contributed by atoms with Crippen molar-refractivity contribution < 1.29 is 9.53 Å². The van der Waals surface area contributed by atoms with Gasteiger partial charge in [0, 0.05) is 26.6 Å². The molecule has 1 rings (SSSR count). The first-order valence-electron chi connectivity index (χ1n) is 5.04. The zero-order valence-corrected chi connectivity index (χ0v) is 8.58. The molecule has 0 aromatic rings. The number of hydrogen-bond donors (Lipinski definition) is 0. The highest BCUT2D eigenvalue weighted by Gasteiger charge is 2.23. The molecule has 1 unspecified atom stereocenters. The van der Waals surface area contributed by atoms with Crippen molar-refractivity contribution in [3.05, 3.63) is 0 Å². The third-order valence-electron chi connectivity index (χ3n) is 2.77. The maximum absolute atomic E-state index is 11.5. The predicted octanol–water partition coefficient (Wildman–Crippen LogP) is 1.28. The first kappa shape index (κ1) is 10.5. The lowest BCUT2D eigenvalue weighted by atomic mass is 9.94. The Kier molecular flexibility index (Phi) is 4.22. The van der Waals surface area contributed by atoms with Gasteiger partial charge in [0.15, 0.2) is 0 Å². The Bertz CT molecular complexity index is 170. The second-order valence-electron chi connectivity index (χ2n) is 3.64. The number of amides is 1. The van der Waals surface area contributed by atoms with Gasteiger partial charge in [-0.2, -0.15) is 0 Å². The Balaban J connectivity index is 2.31. The summed E-state index contributed by atoms with van der Waals surface area (Å²) in [5.41, 5.74) is 0. The Morgan fingerprint density at radius 1 is 1.62 bits per heavy atom. The lowest BCUT2D eigenvalue weighted by molar-refractivity contribution is -0.135. The first-order chi connectivity index (χ1) is 6.27. The van der Waals surface area contributed by atoms with Crippen molar-refractivity contribution in [2.75, 3.05) is 26.8 Å². The monoisotopic (exact) mass is 185 g/mol. The Morgan fingerprint density at radius 3 is 2.92 bits per heavy atom. The van der Waals surface area contributed by atoms with Crippen LogP contribution >= 0.6 is 0 Å². The van der Waals surface area contributed by atoms with Gasteiger partial charge in [0.2, 0.25) is 5.91 Å². The maximum Gasteiger partial charge on any atom is 0.222 e. The van der Waals surface area contributed by atoms with Crippen molar-refractivity contribution in [2.24, 2.45) is 5.92 Å². The lowest BCUT2D eigenvalue weighted by Crippen LogP contribution is -2.40. The topological polar surface area (TPSA) is 29.5 Å². The molecule has 3 heteroatoms. The van der Waals surface area contributed by atoms with Gasteiger partial charge >= 0.3 is 0 Å². The summed E-state index contributed by atoms with van der Waals surface area (Å²) >= 11 is 0. The van der Waals surface area contributed by atoms with Crippen LogP contribution in [0.2, 0.25) is 0 Å². The Morgan fingerprint density at radius 2 is 2.38 bits per heavy atom. The highest BCUT2D eigenvalue weighted by molar-refractivity contribution is 5.77. The van der Waals surface area contributed by atoms with Crippen molar-refractivity contribution >= 4 is 5.91 Å². The number of likely N-dealkylation sites (tertiary alicyclic amines) is 1. The Labute approximate surface area is 80.1 Å². The second-order valence-corrected chi connectivity index (χ2v) is 3.64. The van der Waals surface area contributed by atoms with Gasteiger partial charge in [-0.3, -0.25) is 4.79 Å². The molecular weight excluding hydrogens is 166 g/mol. The summed E-state index contributed by atoms with van der Waals surface area (Å²) in [4.78, 5) is 13.5. The predicted molar refractivity (Wildman–Crippen MR) is 51.5 cm³/mol. The molecule has 1 heterocycles. The van der Waals surface area contributed by atoms with Crippen molar-refractivity contribution in [2.45, 2.75) is 26.2 Å². The summed E-state index contributed by atoms with van der Waals surface area (Å²) in [6.07, 6.45) is 3.02. The van der Waals surface area contributed by atoms with Crippen molar-refractivity contribution in [1.29, 1.82) is 0 Å². The van der Waals surface area contributed by atoms with E-state index < -0.39 is 0 Å². The summed E-state index contributed by atoms with van der Waals surface area (Å²) < 4.78 is 4.95. The number of rotatable bonds is 4. The van der Waals surface area contributed by atoms with E-state index in [0.29, 0.717) is 18.4 Å². The van der Waals surface area contributed by atoms with Gasteiger partial charge < -0.3 is 9.64 Å². The summed E-state index contributed by atoms with van der Waals surface area (Å²) in [7, 11) is 1.67. The van der Waals surface area contributed by atoms with Gasteiger partial charge in [-0.05, 0) is 12.3 Å². The number of nitrogens with zero attached hydrogens (tertiary/aromatic N) is 1. The van der Waals surface area contributed by atoms with E-state index in [1.54, 1.807) is 7.11 Å². The minimum Gasteiger partial charge on any atom is -0.383 e. The molecule has 0 N–H and O–H groups in total. The maximum atomic E-state index is 11.5. The van der Waals surface area contributed by atoms with Gasteiger partial charge in [0.25, 0.3) is 0 Å². The summed E-state index contributed by atoms with van der Waals surface area (Å²) in [5, 5.41) is 0. The molecule has 76 valence electrons. The van der Waals surface area contributed by atoms with Crippen LogP contribution in [0.1, 0.15) is 26.2 Å². The molecule has 1 aliphatic heterocycles. The van der Waals surface area contributed by atoms with E-state index in [0.717, 1.165) is 32.4 Å². The summed E-state index contributed by atoms with van der Waals surface area (Å²) in [6, 6.07) is 0. The van der Waals surface area contributed by atoms with E-state index in [-0.39, 0.29) is 0 Å². The summed E-state index contributed by atoms with van der Waals surface area (Å²) in [5.74, 6) is 0.918. The van der Waals surface area contributed by atoms with Crippen LogP contribution in [0.3, 0.4) is 0 Å². The quantitative estimate of drug-likeness (QED) is 0.660. The normalized spacial score (nSPS) is 23.7. The van der Waals surface area contributed by atoms with Gasteiger partial charge in [-0.15, -0.1) is 0 Å². The molecule has 1 fully saturated rings. The van der Waals surface area contributed by atoms with E-state index >= 15 is 0 Å². The van der Waals surface area contributed by atoms with Crippen LogP contribution in [0.25, 0.3) is 0 Å². The molecule has 0 aromatic heterocycles. The van der Waals surface area contributed by atoms with Crippen LogP contribution in [0.4, 0.5) is 0 Å². The van der Waals surface area contributed by atoms with Crippen LogP contribution in [-0.2, 0) is 9.53 Å². The van der Waals surface area contributed by atoms with E-state index in [1.165, 1.54) is 0 Å². The molecular formula is C10H19NO2. The highest BCUT2D eigenvalue weighted by atomic mass is 16.5. The standard InChI is InChI=1S/C10H19NO2/c1-3-9-4-5-11(6-7-13-2)10(12)8-9/h9H,3-8H2,1-2H3. The molecule has 1 saturated heterocycles. The van der Waals surface area contributed by atoms with E-state index in [4.69, 9.17) is 4.74 Å². The molecule has 0 spiro atoms. The number of carbonyl (C=O) groups is 1. The van der Waals surface area contributed by atoms with Gasteiger partial charge in [-0.25, -0.2) is 0 Å². The minimum absolute atomic E-state index is 0.301. The molecule has 1 amide bonds. The molecule has 0 radical (unpaired) electrons. The third kappa shape index (κ3) is 2.99. The largest absolute Gasteiger partial charge is 0.383 e. The van der Waals surface area contributed by atoms with E-state index in [1.807, 2.05) is 4.90 Å². The van der Waals surface area contributed by atoms with Crippen molar-refractivity contribution in [3.8, 4) is 0 Å². The molecule has 0 bridgehead atoms. The smallest absolute Gasteiger partial charge is 0.222 e.